The van der Waals surface area contributed by atoms with E-state index in [4.69, 9.17) is 105 Å². The average Bonchev–Trinajstić information content (AvgIpc) is 3.38. The number of ether oxygens (including phenoxy) is 21. The summed E-state index contributed by atoms with van der Waals surface area (Å²) in [6.45, 7) is 34.3. The molecule has 22 heteroatoms. The van der Waals surface area contributed by atoms with Crippen LogP contribution in [0, 0.1) is 0 Å². The molecule has 0 aliphatic carbocycles. The summed E-state index contributed by atoms with van der Waals surface area (Å²) < 4.78 is 115. The number of aliphatic hydroxyl groups is 1. The van der Waals surface area contributed by atoms with Gasteiger partial charge in [-0.05, 0) is 55.4 Å². The molecule has 4 fully saturated rings. The standard InChI is InChI=1S/C16H32O7.C14H28O6.C12H24O5.C9H18O4/c1-15(2)23-14-16-13-21-10-9-19-6-5-17-3-4-18-7-8-20-11-12-22-16;1-13(2)20-12-14-11-18-8-7-16-4-3-15-5-6-17-9-10-19-14;1-11(2)17-10-12-9-15-6-5-13-3-4-14-7-8-16-12;1-7(2)11-5-9-6-12-8(3-10)4-13-9/h15-16H,3-14H2,1-2H3;13-14H,3-12H2,1-2H3;11-12H,3-10H2,1-2H3;7-10H,3-6H2,1-2H3. The largest absolute Gasteiger partial charge is 0.394 e. The van der Waals surface area contributed by atoms with Gasteiger partial charge in [0, 0.05) is 0 Å². The van der Waals surface area contributed by atoms with Gasteiger partial charge in [0.05, 0.1) is 249 Å². The molecule has 4 rings (SSSR count). The second-order valence-electron chi connectivity index (χ2n) is 17.8. The Morgan fingerprint density at radius 1 is 0.260 bits per heavy atom. The maximum absolute atomic E-state index is 8.76. The third-order valence-electron chi connectivity index (χ3n) is 9.70. The van der Waals surface area contributed by atoms with Gasteiger partial charge in [-0.25, -0.2) is 0 Å². The van der Waals surface area contributed by atoms with E-state index in [2.05, 4.69) is 0 Å². The summed E-state index contributed by atoms with van der Waals surface area (Å²) in [5.74, 6) is 0. The Kier molecular flexibility index (Phi) is 51.1. The smallest absolute Gasteiger partial charge is 0.104 e. The van der Waals surface area contributed by atoms with Crippen molar-refractivity contribution in [3.8, 4) is 0 Å². The molecule has 0 radical (unpaired) electrons. The molecule has 0 aromatic rings. The van der Waals surface area contributed by atoms with E-state index in [1.165, 1.54) is 0 Å². The maximum Gasteiger partial charge on any atom is 0.104 e. The number of rotatable bonds is 13. The van der Waals surface area contributed by atoms with E-state index in [1.54, 1.807) is 0 Å². The fourth-order valence-corrected chi connectivity index (χ4v) is 5.86. The summed E-state index contributed by atoms with van der Waals surface area (Å²) >= 11 is 0. The molecule has 73 heavy (non-hydrogen) atoms. The summed E-state index contributed by atoms with van der Waals surface area (Å²) in [5, 5.41) is 8.76. The Bertz CT molecular complexity index is 1050. The Morgan fingerprint density at radius 2 is 0.452 bits per heavy atom. The van der Waals surface area contributed by atoms with E-state index in [1.807, 2.05) is 55.4 Å². The van der Waals surface area contributed by atoms with Crippen LogP contribution in [-0.4, -0.2) is 285 Å². The first kappa shape index (κ1) is 70.1. The van der Waals surface area contributed by atoms with Crippen molar-refractivity contribution in [3.63, 3.8) is 0 Å². The van der Waals surface area contributed by atoms with Gasteiger partial charge in [-0.1, -0.05) is 0 Å². The second-order valence-corrected chi connectivity index (χ2v) is 17.8. The molecule has 0 spiro atoms. The predicted molar refractivity (Wildman–Crippen MR) is 270 cm³/mol. The zero-order valence-electron chi connectivity index (χ0n) is 46.3. The molecule has 1 N–H and O–H groups in total. The van der Waals surface area contributed by atoms with Crippen LogP contribution in [0.5, 0.6) is 0 Å². The van der Waals surface area contributed by atoms with Crippen molar-refractivity contribution in [2.45, 2.75) is 110 Å². The topological polar surface area (TPSA) is 214 Å². The first-order chi connectivity index (χ1) is 35.6. The van der Waals surface area contributed by atoms with E-state index in [-0.39, 0.29) is 61.5 Å². The highest BCUT2D eigenvalue weighted by Crippen LogP contribution is 2.08. The van der Waals surface area contributed by atoms with Gasteiger partial charge in [-0.3, -0.25) is 0 Å². The zero-order valence-corrected chi connectivity index (χ0v) is 46.3. The minimum atomic E-state index is -0.157. The number of aliphatic hydroxyl groups excluding tert-OH is 1. The van der Waals surface area contributed by atoms with Crippen molar-refractivity contribution in [2.24, 2.45) is 0 Å². The normalized spacial score (nSPS) is 25.8. The molecule has 0 aromatic carbocycles. The van der Waals surface area contributed by atoms with Crippen LogP contribution in [0.25, 0.3) is 0 Å². The van der Waals surface area contributed by atoms with E-state index < -0.39 is 0 Å². The van der Waals surface area contributed by atoms with Crippen molar-refractivity contribution < 1.29 is 105 Å². The third-order valence-corrected chi connectivity index (χ3v) is 9.70. The van der Waals surface area contributed by atoms with Gasteiger partial charge in [0.25, 0.3) is 0 Å². The van der Waals surface area contributed by atoms with Crippen molar-refractivity contribution >= 4 is 0 Å². The highest BCUT2D eigenvalue weighted by atomic mass is 16.6. The molecule has 0 bridgehead atoms. The lowest BCUT2D eigenvalue weighted by Crippen LogP contribution is -2.40. The lowest BCUT2D eigenvalue weighted by Gasteiger charge is -2.28. The molecule has 22 nitrogen and oxygen atoms in total. The SMILES string of the molecule is CC(C)OCC1COC(CO)CO1.CC(C)OCC1COCCOCCOCCO1.CC(C)OCC1COCCOCCOCCOCCO1.CC(C)OCC1COCCOCCOCCOCCOCCO1. The first-order valence-corrected chi connectivity index (χ1v) is 26.7. The van der Waals surface area contributed by atoms with Crippen LogP contribution in [0.2, 0.25) is 0 Å². The zero-order chi connectivity index (χ0) is 53.1. The third kappa shape index (κ3) is 50.4. The summed E-state index contributed by atoms with van der Waals surface area (Å²) in [7, 11) is 0. The lowest BCUT2D eigenvalue weighted by molar-refractivity contribution is -0.164. The summed E-state index contributed by atoms with van der Waals surface area (Å²) in [6.07, 6.45) is 0.455. The van der Waals surface area contributed by atoms with Gasteiger partial charge in [0.15, 0.2) is 0 Å². The Balaban J connectivity index is 0.000000496. The molecular weight excluding hydrogens is 965 g/mol. The van der Waals surface area contributed by atoms with Crippen LogP contribution in [0.4, 0.5) is 0 Å². The monoisotopic (exact) mass is 1070 g/mol. The molecule has 4 heterocycles. The number of hydrogen-bond acceptors (Lipinski definition) is 22. The maximum atomic E-state index is 8.76. The first-order valence-electron chi connectivity index (χ1n) is 26.7. The average molecular weight is 1070 g/mol. The molecule has 5 atom stereocenters. The fourth-order valence-electron chi connectivity index (χ4n) is 5.86. The van der Waals surface area contributed by atoms with Gasteiger partial charge in [-0.2, -0.15) is 0 Å². The minimum Gasteiger partial charge on any atom is -0.394 e. The van der Waals surface area contributed by atoms with Gasteiger partial charge in [0.2, 0.25) is 0 Å². The Morgan fingerprint density at radius 3 is 0.658 bits per heavy atom. The molecule has 4 aliphatic heterocycles. The molecule has 4 aliphatic rings. The predicted octanol–water partition coefficient (Wildman–Crippen LogP) is 2.82. The fraction of sp³-hybridized carbons (Fsp3) is 1.00. The summed E-state index contributed by atoms with van der Waals surface area (Å²) in [6, 6.07) is 0. The van der Waals surface area contributed by atoms with E-state index >= 15 is 0 Å². The van der Waals surface area contributed by atoms with Gasteiger partial charge in [-0.15, -0.1) is 0 Å². The second kappa shape index (κ2) is 53.1. The van der Waals surface area contributed by atoms with Gasteiger partial charge in [0.1, 0.15) is 30.5 Å². The van der Waals surface area contributed by atoms with Crippen LogP contribution in [-0.2, 0) is 99.5 Å². The minimum absolute atomic E-state index is 0.0187. The van der Waals surface area contributed by atoms with Crippen molar-refractivity contribution in [2.75, 3.05) is 225 Å². The number of hydrogen-bond donors (Lipinski definition) is 1. The molecule has 0 saturated carbocycles. The van der Waals surface area contributed by atoms with Crippen LogP contribution in [0.15, 0.2) is 0 Å². The summed E-state index contributed by atoms with van der Waals surface area (Å²) in [5.41, 5.74) is 0. The molecule has 5 unspecified atom stereocenters. The highest BCUT2D eigenvalue weighted by molar-refractivity contribution is 4.67. The van der Waals surface area contributed by atoms with Crippen LogP contribution >= 0.6 is 0 Å². The highest BCUT2D eigenvalue weighted by Gasteiger charge is 2.22. The van der Waals surface area contributed by atoms with E-state index in [0.717, 1.165) is 0 Å². The molecule has 438 valence electrons. The molecule has 0 aromatic heterocycles. The van der Waals surface area contributed by atoms with Crippen molar-refractivity contribution in [1.29, 1.82) is 0 Å². The van der Waals surface area contributed by atoms with Crippen molar-refractivity contribution in [3.05, 3.63) is 0 Å². The Hall–Kier alpha value is -0.880. The Labute approximate surface area is 438 Å². The van der Waals surface area contributed by atoms with E-state index in [9.17, 15) is 0 Å². The molecule has 4 saturated heterocycles. The molecule has 0 amide bonds. The van der Waals surface area contributed by atoms with Gasteiger partial charge < -0.3 is 105 Å². The quantitative estimate of drug-likeness (QED) is 0.281. The van der Waals surface area contributed by atoms with E-state index in [0.29, 0.717) is 218 Å². The molecular formula is C51H102O22. The van der Waals surface area contributed by atoms with Gasteiger partial charge >= 0.3 is 0 Å². The van der Waals surface area contributed by atoms with Crippen LogP contribution in [0.3, 0.4) is 0 Å². The van der Waals surface area contributed by atoms with Crippen molar-refractivity contribution in [1.82, 2.24) is 0 Å². The summed E-state index contributed by atoms with van der Waals surface area (Å²) in [4.78, 5) is 0. The van der Waals surface area contributed by atoms with Crippen LogP contribution < -0.4 is 0 Å². The van der Waals surface area contributed by atoms with Crippen LogP contribution in [0.1, 0.15) is 55.4 Å². The lowest BCUT2D eigenvalue weighted by atomic mass is 10.3.